The maximum absolute atomic E-state index is 13.4. The van der Waals surface area contributed by atoms with Gasteiger partial charge in [0.2, 0.25) is 0 Å². The lowest BCUT2D eigenvalue weighted by atomic mass is 10.2. The topological polar surface area (TPSA) is 65.0 Å². The second kappa shape index (κ2) is 14.2. The molecule has 1 unspecified atom stereocenters. The van der Waals surface area contributed by atoms with Crippen molar-refractivity contribution in [3.63, 3.8) is 0 Å². The molecular weight excluding hydrogens is 534 g/mol. The molecule has 1 fully saturated rings. The number of piperazine rings is 1. The number of ether oxygens (including phenoxy) is 1. The Hall–Kier alpha value is -2.14. The highest BCUT2D eigenvalue weighted by Gasteiger charge is 2.18. The first-order valence-corrected chi connectivity index (χ1v) is 11.4. The van der Waals surface area contributed by atoms with Gasteiger partial charge in [-0.15, -0.1) is 24.0 Å². The zero-order chi connectivity index (χ0) is 22.8. The van der Waals surface area contributed by atoms with Crippen molar-refractivity contribution < 1.29 is 9.13 Å². The van der Waals surface area contributed by atoms with Gasteiger partial charge in [0.15, 0.2) is 5.96 Å². The van der Waals surface area contributed by atoms with E-state index >= 15 is 0 Å². The van der Waals surface area contributed by atoms with Gasteiger partial charge in [-0.2, -0.15) is 0 Å². The van der Waals surface area contributed by atoms with Gasteiger partial charge in [-0.3, -0.25) is 0 Å². The summed E-state index contributed by atoms with van der Waals surface area (Å²) in [5.41, 5.74) is 1.11. The Balaban J connectivity index is 0.00000385. The first-order valence-electron chi connectivity index (χ1n) is 11.4. The summed E-state index contributed by atoms with van der Waals surface area (Å²) < 4.78 is 19.4. The normalized spacial score (nSPS) is 15.5. The summed E-state index contributed by atoms with van der Waals surface area (Å²) in [6.45, 7) is 9.96. The van der Waals surface area contributed by atoms with Gasteiger partial charge in [0.25, 0.3) is 0 Å². The van der Waals surface area contributed by atoms with Crippen LogP contribution in [0.3, 0.4) is 0 Å². The molecule has 1 aromatic heterocycles. The molecule has 0 spiro atoms. The largest absolute Gasteiger partial charge is 0.489 e. The summed E-state index contributed by atoms with van der Waals surface area (Å²) in [6.07, 6.45) is 2.54. The average Bonchev–Trinajstić information content (AvgIpc) is 2.80. The monoisotopic (exact) mass is 570 g/mol. The van der Waals surface area contributed by atoms with Crippen molar-refractivity contribution >= 4 is 35.8 Å². The molecule has 1 atom stereocenters. The molecule has 3 rings (SSSR count). The lowest BCUT2D eigenvalue weighted by Crippen LogP contribution is -2.45. The molecule has 2 aromatic rings. The van der Waals surface area contributed by atoms with Crippen molar-refractivity contribution in [2.24, 2.45) is 4.99 Å². The van der Waals surface area contributed by atoms with E-state index in [0.717, 1.165) is 56.5 Å². The van der Waals surface area contributed by atoms with Crippen LogP contribution in [0.2, 0.25) is 0 Å². The van der Waals surface area contributed by atoms with E-state index in [0.29, 0.717) is 18.8 Å². The van der Waals surface area contributed by atoms with E-state index in [1.807, 2.05) is 26.1 Å². The van der Waals surface area contributed by atoms with Crippen LogP contribution in [0.4, 0.5) is 10.2 Å². The van der Waals surface area contributed by atoms with Gasteiger partial charge in [0, 0.05) is 50.6 Å². The molecule has 0 aliphatic carbocycles. The molecule has 33 heavy (non-hydrogen) atoms. The number of hydrogen-bond acceptors (Lipinski definition) is 5. The second-order valence-corrected chi connectivity index (χ2v) is 7.96. The molecular formula is C24H36FIN6O. The predicted molar refractivity (Wildman–Crippen MR) is 143 cm³/mol. The lowest BCUT2D eigenvalue weighted by Gasteiger charge is -2.34. The van der Waals surface area contributed by atoms with E-state index in [4.69, 9.17) is 9.73 Å². The van der Waals surface area contributed by atoms with Gasteiger partial charge in [-0.05, 0) is 38.6 Å². The smallest absolute Gasteiger partial charge is 0.191 e. The third-order valence-corrected chi connectivity index (χ3v) is 5.47. The summed E-state index contributed by atoms with van der Waals surface area (Å²) in [5.74, 6) is 1.98. The molecule has 0 radical (unpaired) electrons. The quantitative estimate of drug-likeness (QED) is 0.274. The molecule has 2 N–H and O–H groups in total. The van der Waals surface area contributed by atoms with Crippen LogP contribution in [0.1, 0.15) is 25.8 Å². The zero-order valence-electron chi connectivity index (χ0n) is 19.8. The summed E-state index contributed by atoms with van der Waals surface area (Å²) in [4.78, 5) is 14.1. The Morgan fingerprint density at radius 1 is 1.15 bits per heavy atom. The van der Waals surface area contributed by atoms with Gasteiger partial charge < -0.3 is 25.2 Å². The van der Waals surface area contributed by atoms with Crippen LogP contribution in [0.5, 0.6) is 5.75 Å². The number of halogens is 2. The highest BCUT2D eigenvalue weighted by atomic mass is 127. The van der Waals surface area contributed by atoms with Crippen LogP contribution in [-0.2, 0) is 6.54 Å². The number of benzene rings is 1. The van der Waals surface area contributed by atoms with Crippen LogP contribution in [0.25, 0.3) is 0 Å². The Bertz CT molecular complexity index is 876. The maximum atomic E-state index is 13.4. The minimum Gasteiger partial charge on any atom is -0.489 e. The van der Waals surface area contributed by atoms with Gasteiger partial charge >= 0.3 is 0 Å². The Kier molecular flexibility index (Phi) is 11.7. The standard InChI is InChI=1S/C24H35FN6O.HI/c1-4-21(32-22-10-6-9-20(25)16-22)18-29-24(26-5-2)28-17-19-8-7-11-27-23(19)31-14-12-30(3)13-15-31;/h6-11,16,21H,4-5,12-15,17-18H2,1-3H3,(H2,26,28,29);1H. The maximum Gasteiger partial charge on any atom is 0.191 e. The van der Waals surface area contributed by atoms with Gasteiger partial charge in [0.1, 0.15) is 23.5 Å². The van der Waals surface area contributed by atoms with Gasteiger partial charge in [0.05, 0.1) is 13.1 Å². The minimum atomic E-state index is -0.298. The Labute approximate surface area is 213 Å². The van der Waals surface area contributed by atoms with E-state index in [2.05, 4.69) is 38.5 Å². The molecule has 1 saturated heterocycles. The highest BCUT2D eigenvalue weighted by molar-refractivity contribution is 14.0. The SMILES string of the molecule is CCNC(=NCc1cccnc1N1CCN(C)CC1)NCC(CC)Oc1cccc(F)c1.I. The fraction of sp³-hybridized carbons (Fsp3) is 0.500. The molecule has 0 amide bonds. The number of rotatable bonds is 9. The fourth-order valence-electron chi connectivity index (χ4n) is 3.58. The fourth-order valence-corrected chi connectivity index (χ4v) is 3.58. The second-order valence-electron chi connectivity index (χ2n) is 7.96. The van der Waals surface area contributed by atoms with Crippen molar-refractivity contribution in [2.75, 3.05) is 51.2 Å². The summed E-state index contributed by atoms with van der Waals surface area (Å²) >= 11 is 0. The molecule has 1 aliphatic heterocycles. The summed E-state index contributed by atoms with van der Waals surface area (Å²) in [5, 5.41) is 6.65. The van der Waals surface area contributed by atoms with E-state index < -0.39 is 0 Å². The van der Waals surface area contributed by atoms with Crippen molar-refractivity contribution in [3.05, 3.63) is 54.0 Å². The molecule has 2 heterocycles. The van der Waals surface area contributed by atoms with Crippen LogP contribution in [0, 0.1) is 5.82 Å². The van der Waals surface area contributed by atoms with E-state index in [9.17, 15) is 4.39 Å². The number of aliphatic imine (C=N–C) groups is 1. The molecule has 9 heteroatoms. The third kappa shape index (κ3) is 8.62. The molecule has 7 nitrogen and oxygen atoms in total. The Morgan fingerprint density at radius 3 is 2.64 bits per heavy atom. The zero-order valence-corrected chi connectivity index (χ0v) is 22.1. The first-order chi connectivity index (χ1) is 15.6. The predicted octanol–water partition coefficient (Wildman–Crippen LogP) is 3.50. The van der Waals surface area contributed by atoms with Crippen molar-refractivity contribution in [3.8, 4) is 5.75 Å². The molecule has 1 aliphatic rings. The number of aromatic nitrogens is 1. The number of anilines is 1. The van der Waals surface area contributed by atoms with Crippen LogP contribution in [0.15, 0.2) is 47.6 Å². The van der Waals surface area contributed by atoms with Crippen molar-refractivity contribution in [1.82, 2.24) is 20.5 Å². The van der Waals surface area contributed by atoms with Crippen LogP contribution < -0.4 is 20.3 Å². The molecule has 0 bridgehead atoms. The summed E-state index contributed by atoms with van der Waals surface area (Å²) in [7, 11) is 2.15. The third-order valence-electron chi connectivity index (χ3n) is 5.47. The average molecular weight is 570 g/mol. The number of guanidine groups is 1. The first kappa shape index (κ1) is 27.1. The Morgan fingerprint density at radius 2 is 1.94 bits per heavy atom. The van der Waals surface area contributed by atoms with Crippen molar-refractivity contribution in [1.29, 1.82) is 0 Å². The van der Waals surface area contributed by atoms with Gasteiger partial charge in [-0.1, -0.05) is 19.1 Å². The van der Waals surface area contributed by atoms with Crippen LogP contribution >= 0.6 is 24.0 Å². The van der Waals surface area contributed by atoms with Crippen molar-refractivity contribution in [2.45, 2.75) is 32.9 Å². The lowest BCUT2D eigenvalue weighted by molar-refractivity contribution is 0.198. The van der Waals surface area contributed by atoms with E-state index in [-0.39, 0.29) is 35.9 Å². The number of likely N-dealkylation sites (N-methyl/N-ethyl adjacent to an activating group) is 1. The van der Waals surface area contributed by atoms with E-state index in [1.165, 1.54) is 12.1 Å². The minimum absolute atomic E-state index is 0. The number of nitrogens with zero attached hydrogens (tertiary/aromatic N) is 4. The highest BCUT2D eigenvalue weighted by Crippen LogP contribution is 2.19. The number of hydrogen-bond donors (Lipinski definition) is 2. The van der Waals surface area contributed by atoms with Gasteiger partial charge in [-0.25, -0.2) is 14.4 Å². The van der Waals surface area contributed by atoms with E-state index in [1.54, 1.807) is 12.1 Å². The molecule has 0 saturated carbocycles. The summed E-state index contributed by atoms with van der Waals surface area (Å²) in [6, 6.07) is 10.3. The molecule has 1 aromatic carbocycles. The molecule has 182 valence electrons. The number of nitrogens with one attached hydrogen (secondary N) is 2. The van der Waals surface area contributed by atoms with Crippen LogP contribution in [-0.4, -0.2) is 68.3 Å². The number of pyridine rings is 1.